The number of halogens is 1. The number of nitrogens with zero attached hydrogens (tertiary/aromatic N) is 1. The molecule has 19 heavy (non-hydrogen) atoms. The molecule has 0 aliphatic carbocycles. The molecule has 0 fully saturated rings. The maximum absolute atomic E-state index is 5.29. The lowest BCUT2D eigenvalue weighted by molar-refractivity contribution is 0.414. The van der Waals surface area contributed by atoms with Crippen LogP contribution < -0.4 is 4.74 Å². The van der Waals surface area contributed by atoms with Crippen LogP contribution in [-0.4, -0.2) is 17.4 Å². The molecule has 0 radical (unpaired) electrons. The molecule has 2 aromatic rings. The summed E-state index contributed by atoms with van der Waals surface area (Å²) < 4.78 is 5.29. The fourth-order valence-corrected chi connectivity index (χ4v) is 2.14. The zero-order valence-electron chi connectivity index (χ0n) is 10.8. The molecule has 1 heterocycles. The Hall–Kier alpha value is -1.61. The molecule has 0 saturated carbocycles. The topological polar surface area (TPSA) is 22.1 Å². The number of hydrogen-bond donors (Lipinski definition) is 0. The van der Waals surface area contributed by atoms with E-state index in [4.69, 9.17) is 4.74 Å². The molecule has 2 nitrogen and oxygen atoms in total. The fourth-order valence-electron chi connectivity index (χ4n) is 1.91. The number of rotatable bonds is 5. The maximum atomic E-state index is 5.29. The Morgan fingerprint density at radius 2 is 2.11 bits per heavy atom. The number of benzene rings is 1. The van der Waals surface area contributed by atoms with Gasteiger partial charge in [-0.15, -0.1) is 0 Å². The highest BCUT2D eigenvalue weighted by Gasteiger charge is 2.05. The minimum absolute atomic E-state index is 0.867. The van der Waals surface area contributed by atoms with Gasteiger partial charge in [-0.25, -0.2) is 0 Å². The van der Waals surface area contributed by atoms with Gasteiger partial charge in [0.1, 0.15) is 5.75 Å². The van der Waals surface area contributed by atoms with Crippen molar-refractivity contribution in [1.29, 1.82) is 0 Å². The Morgan fingerprint density at radius 1 is 1.26 bits per heavy atom. The minimum Gasteiger partial charge on any atom is -0.497 e. The Morgan fingerprint density at radius 3 is 2.79 bits per heavy atom. The molecule has 1 aromatic carbocycles. The van der Waals surface area contributed by atoms with E-state index in [0.717, 1.165) is 28.6 Å². The first kappa shape index (κ1) is 13.8. The van der Waals surface area contributed by atoms with E-state index in [9.17, 15) is 0 Å². The molecule has 1 aromatic heterocycles. The van der Waals surface area contributed by atoms with Crippen LogP contribution in [-0.2, 0) is 0 Å². The molecule has 0 unspecified atom stereocenters. The predicted octanol–water partition coefficient (Wildman–Crippen LogP) is 4.31. The smallest absolute Gasteiger partial charge is 0.119 e. The predicted molar refractivity (Wildman–Crippen MR) is 82.7 cm³/mol. The van der Waals surface area contributed by atoms with Gasteiger partial charge in [0.2, 0.25) is 0 Å². The van der Waals surface area contributed by atoms with Gasteiger partial charge in [0.25, 0.3) is 0 Å². The average molecular weight is 318 g/mol. The summed E-state index contributed by atoms with van der Waals surface area (Å²) in [6.07, 6.45) is 6.87. The van der Waals surface area contributed by atoms with Crippen molar-refractivity contribution < 1.29 is 4.74 Å². The van der Waals surface area contributed by atoms with Gasteiger partial charge in [-0.1, -0.05) is 40.2 Å². The number of methoxy groups -OCH3 is 1. The molecule has 3 heteroatoms. The third-order valence-electron chi connectivity index (χ3n) is 2.81. The van der Waals surface area contributed by atoms with E-state index in [2.05, 4.69) is 39.1 Å². The van der Waals surface area contributed by atoms with E-state index in [1.807, 2.05) is 30.5 Å². The minimum atomic E-state index is 0.867. The number of hydrogen-bond acceptors (Lipinski definition) is 2. The highest BCUT2D eigenvalue weighted by molar-refractivity contribution is 9.09. The lowest BCUT2D eigenvalue weighted by Gasteiger charge is -2.09. The second-order valence-electron chi connectivity index (χ2n) is 4.07. The van der Waals surface area contributed by atoms with Crippen LogP contribution in [0.1, 0.15) is 17.5 Å². The monoisotopic (exact) mass is 317 g/mol. The molecule has 0 aliphatic heterocycles. The molecule has 0 atom stereocenters. The number of allylic oxidation sites excluding steroid dienone is 1. The average Bonchev–Trinajstić information content (AvgIpc) is 2.49. The van der Waals surface area contributed by atoms with E-state index in [0.29, 0.717) is 0 Å². The highest BCUT2D eigenvalue weighted by Crippen LogP contribution is 2.26. The van der Waals surface area contributed by atoms with Gasteiger partial charge in [-0.2, -0.15) is 0 Å². The van der Waals surface area contributed by atoms with Crippen molar-refractivity contribution in [3.05, 3.63) is 66.0 Å². The summed E-state index contributed by atoms with van der Waals surface area (Å²) in [4.78, 5) is 4.20. The van der Waals surface area contributed by atoms with Crippen LogP contribution in [0, 0.1) is 0 Å². The van der Waals surface area contributed by atoms with E-state index in [-0.39, 0.29) is 0 Å². The summed E-state index contributed by atoms with van der Waals surface area (Å²) in [5, 5.41) is 0.945. The van der Waals surface area contributed by atoms with Crippen LogP contribution in [0.5, 0.6) is 5.75 Å². The van der Waals surface area contributed by atoms with Gasteiger partial charge in [0, 0.05) is 23.3 Å². The van der Waals surface area contributed by atoms with Gasteiger partial charge in [-0.05, 0) is 35.8 Å². The molecule has 98 valence electrons. The maximum Gasteiger partial charge on any atom is 0.119 e. The van der Waals surface area contributed by atoms with Crippen molar-refractivity contribution in [2.75, 3.05) is 12.4 Å². The van der Waals surface area contributed by atoms with Gasteiger partial charge in [0.15, 0.2) is 0 Å². The largest absolute Gasteiger partial charge is 0.497 e. The highest BCUT2D eigenvalue weighted by atomic mass is 79.9. The Bertz CT molecular complexity index is 552. The van der Waals surface area contributed by atoms with Crippen molar-refractivity contribution in [1.82, 2.24) is 4.98 Å². The summed E-state index contributed by atoms with van der Waals surface area (Å²) in [6.45, 7) is 0. The normalized spacial score (nSPS) is 11.4. The van der Waals surface area contributed by atoms with Crippen molar-refractivity contribution in [2.24, 2.45) is 0 Å². The molecule has 0 spiro atoms. The van der Waals surface area contributed by atoms with E-state index < -0.39 is 0 Å². The Balaban J connectivity index is 2.43. The summed E-state index contributed by atoms with van der Waals surface area (Å²) in [5.74, 6) is 0.867. The molecule has 0 amide bonds. The van der Waals surface area contributed by atoms with Gasteiger partial charge >= 0.3 is 0 Å². The van der Waals surface area contributed by atoms with E-state index >= 15 is 0 Å². The van der Waals surface area contributed by atoms with E-state index in [1.54, 1.807) is 13.3 Å². The lowest BCUT2D eigenvalue weighted by Crippen LogP contribution is -1.91. The molecule has 2 rings (SSSR count). The number of ether oxygens (including phenoxy) is 1. The molecule has 0 aliphatic rings. The number of aromatic nitrogens is 1. The Kier molecular flexibility index (Phi) is 5.16. The third kappa shape index (κ3) is 3.67. The molecular weight excluding hydrogens is 302 g/mol. The quantitative estimate of drug-likeness (QED) is 0.767. The van der Waals surface area contributed by atoms with Crippen LogP contribution >= 0.6 is 15.9 Å². The molecule has 0 saturated heterocycles. The Labute approximate surface area is 122 Å². The fraction of sp³-hybridized carbons (Fsp3) is 0.188. The lowest BCUT2D eigenvalue weighted by atomic mass is 9.98. The zero-order chi connectivity index (χ0) is 13.5. The van der Waals surface area contributed by atoms with Crippen molar-refractivity contribution in [3.8, 4) is 5.75 Å². The van der Waals surface area contributed by atoms with Crippen LogP contribution in [0.2, 0.25) is 0 Å². The van der Waals surface area contributed by atoms with Gasteiger partial charge in [-0.3, -0.25) is 4.98 Å². The summed E-state index contributed by atoms with van der Waals surface area (Å²) >= 11 is 3.47. The zero-order valence-corrected chi connectivity index (χ0v) is 12.4. The van der Waals surface area contributed by atoms with Crippen molar-refractivity contribution in [3.63, 3.8) is 0 Å². The van der Waals surface area contributed by atoms with Crippen LogP contribution in [0.4, 0.5) is 0 Å². The van der Waals surface area contributed by atoms with Crippen molar-refractivity contribution in [2.45, 2.75) is 6.42 Å². The second-order valence-corrected chi connectivity index (χ2v) is 4.86. The van der Waals surface area contributed by atoms with E-state index in [1.165, 1.54) is 5.57 Å². The molecular formula is C16H16BrNO. The summed E-state index contributed by atoms with van der Waals surface area (Å²) in [7, 11) is 1.69. The number of alkyl halides is 1. The van der Waals surface area contributed by atoms with Crippen LogP contribution in [0.25, 0.3) is 5.57 Å². The summed E-state index contributed by atoms with van der Waals surface area (Å²) in [6, 6.07) is 12.1. The van der Waals surface area contributed by atoms with Crippen LogP contribution in [0.15, 0.2) is 54.9 Å². The molecule has 0 N–H and O–H groups in total. The van der Waals surface area contributed by atoms with Gasteiger partial charge < -0.3 is 4.74 Å². The number of pyridine rings is 1. The summed E-state index contributed by atoms with van der Waals surface area (Å²) in [5.41, 5.74) is 3.46. The first-order chi connectivity index (χ1) is 9.35. The van der Waals surface area contributed by atoms with Crippen molar-refractivity contribution >= 4 is 21.5 Å². The second kappa shape index (κ2) is 7.10. The third-order valence-corrected chi connectivity index (χ3v) is 3.27. The first-order valence-electron chi connectivity index (χ1n) is 6.16. The van der Waals surface area contributed by atoms with Crippen LogP contribution in [0.3, 0.4) is 0 Å². The standard InChI is InChI=1S/C16H16BrNO/c1-19-15-7-2-5-13(11-15)16(8-3-9-17)14-6-4-10-18-12-14/h2,4-8,10-12H,3,9H2,1H3/b16-8-. The molecule has 0 bridgehead atoms. The first-order valence-corrected chi connectivity index (χ1v) is 7.28. The van der Waals surface area contributed by atoms with Gasteiger partial charge in [0.05, 0.1) is 7.11 Å². The SMILES string of the molecule is COc1cccc(/C(=C/CCBr)c2cccnc2)c1.